The summed E-state index contributed by atoms with van der Waals surface area (Å²) in [5.41, 5.74) is 0.834. The van der Waals surface area contributed by atoms with Crippen LogP contribution in [-0.2, 0) is 11.0 Å². The molecule has 0 aliphatic carbocycles. The third-order valence-electron chi connectivity index (χ3n) is 2.94. The molecule has 0 saturated heterocycles. The lowest BCUT2D eigenvalue weighted by Gasteiger charge is -2.18. The normalized spacial score (nSPS) is 12.6. The fourth-order valence-electron chi connectivity index (χ4n) is 1.85. The summed E-state index contributed by atoms with van der Waals surface area (Å²) in [6.45, 7) is 0. The molecular weight excluding hydrogens is 335 g/mol. The maximum atomic E-state index is 12.7. The number of rotatable bonds is 4. The van der Waals surface area contributed by atoms with Crippen molar-refractivity contribution in [2.45, 2.75) is 12.3 Å². The Morgan fingerprint density at radius 3 is 2.39 bits per heavy atom. The average Bonchev–Trinajstić information content (AvgIpc) is 2.52. The van der Waals surface area contributed by atoms with Gasteiger partial charge < -0.3 is 4.74 Å². The van der Waals surface area contributed by atoms with Crippen molar-refractivity contribution in [2.75, 3.05) is 0 Å². The molecule has 1 unspecified atom stereocenters. The maximum absolute atomic E-state index is 12.7. The van der Waals surface area contributed by atoms with Crippen LogP contribution in [0.5, 0.6) is 5.75 Å². The van der Waals surface area contributed by atoms with Crippen molar-refractivity contribution in [3.63, 3.8) is 0 Å². The number of hydroxylamine groups is 1. The molecule has 4 nitrogen and oxygen atoms in total. The van der Waals surface area contributed by atoms with E-state index in [0.29, 0.717) is 10.6 Å². The second kappa shape index (κ2) is 6.89. The van der Waals surface area contributed by atoms with Gasteiger partial charge in [-0.05, 0) is 30.3 Å². The number of carbonyl (C=O) groups is 1. The molecule has 1 atom stereocenters. The van der Waals surface area contributed by atoms with Crippen molar-refractivity contribution < 1.29 is 27.9 Å². The molecule has 122 valence electrons. The summed E-state index contributed by atoms with van der Waals surface area (Å²) in [6, 6.07) is 10.0. The van der Waals surface area contributed by atoms with Gasteiger partial charge in [-0.1, -0.05) is 29.8 Å². The molecule has 1 amide bonds. The number of hydrogen-bond donors (Lipinski definition) is 2. The van der Waals surface area contributed by atoms with Crippen molar-refractivity contribution >= 4 is 17.5 Å². The van der Waals surface area contributed by atoms with Crippen molar-refractivity contribution in [2.24, 2.45) is 0 Å². The van der Waals surface area contributed by atoms with Crippen LogP contribution in [0, 0.1) is 0 Å². The number of alkyl halides is 3. The highest BCUT2D eigenvalue weighted by Gasteiger charge is 2.31. The predicted octanol–water partition coefficient (Wildman–Crippen LogP) is 3.98. The number of hydrogen-bond acceptors (Lipinski definition) is 3. The molecule has 0 saturated carbocycles. The van der Waals surface area contributed by atoms with Crippen LogP contribution in [0.25, 0.3) is 0 Å². The monoisotopic (exact) mass is 345 g/mol. The van der Waals surface area contributed by atoms with E-state index in [0.717, 1.165) is 18.2 Å². The first-order valence-electron chi connectivity index (χ1n) is 6.34. The van der Waals surface area contributed by atoms with Gasteiger partial charge in [-0.3, -0.25) is 10.0 Å². The van der Waals surface area contributed by atoms with Gasteiger partial charge in [0, 0.05) is 10.6 Å². The van der Waals surface area contributed by atoms with E-state index in [-0.39, 0.29) is 5.75 Å². The first-order valence-corrected chi connectivity index (χ1v) is 6.72. The molecule has 8 heteroatoms. The lowest BCUT2D eigenvalue weighted by Crippen LogP contribution is -2.30. The number of nitrogens with one attached hydrogen (secondary N) is 1. The van der Waals surface area contributed by atoms with Crippen LogP contribution in [0.1, 0.15) is 17.2 Å². The van der Waals surface area contributed by atoms with Gasteiger partial charge in [-0.2, -0.15) is 13.2 Å². The molecule has 0 fully saturated rings. The number of halogens is 4. The van der Waals surface area contributed by atoms with E-state index in [4.69, 9.17) is 21.5 Å². The van der Waals surface area contributed by atoms with E-state index in [1.54, 1.807) is 0 Å². The summed E-state index contributed by atoms with van der Waals surface area (Å²) in [5.74, 6) is -1.09. The van der Waals surface area contributed by atoms with E-state index < -0.39 is 23.8 Å². The Balaban J connectivity index is 2.32. The highest BCUT2D eigenvalue weighted by Crippen LogP contribution is 2.32. The molecule has 0 heterocycles. The second-order valence-corrected chi connectivity index (χ2v) is 4.99. The Morgan fingerprint density at radius 1 is 1.17 bits per heavy atom. The van der Waals surface area contributed by atoms with Gasteiger partial charge in [-0.15, -0.1) is 0 Å². The number of carbonyl (C=O) groups excluding carboxylic acids is 1. The molecule has 0 radical (unpaired) electrons. The van der Waals surface area contributed by atoms with Crippen molar-refractivity contribution in [3.8, 4) is 5.75 Å². The summed E-state index contributed by atoms with van der Waals surface area (Å²) in [7, 11) is 0. The van der Waals surface area contributed by atoms with E-state index in [1.807, 2.05) is 0 Å². The van der Waals surface area contributed by atoms with Gasteiger partial charge >= 0.3 is 6.18 Å². The number of benzene rings is 2. The summed E-state index contributed by atoms with van der Waals surface area (Å²) >= 11 is 5.75. The summed E-state index contributed by atoms with van der Waals surface area (Å²) in [5, 5.41) is 9.21. The van der Waals surface area contributed by atoms with Gasteiger partial charge in [-0.25, -0.2) is 5.48 Å². The molecule has 0 aliphatic rings. The Kier molecular flexibility index (Phi) is 5.12. The lowest BCUT2D eigenvalue weighted by atomic mass is 10.1. The van der Waals surface area contributed by atoms with Crippen LogP contribution in [-0.4, -0.2) is 11.1 Å². The fraction of sp³-hybridized carbons (Fsp3) is 0.133. The van der Waals surface area contributed by atoms with Crippen LogP contribution in [0.3, 0.4) is 0 Å². The first-order chi connectivity index (χ1) is 10.8. The topological polar surface area (TPSA) is 58.6 Å². The van der Waals surface area contributed by atoms with Crippen LogP contribution in [0.2, 0.25) is 5.02 Å². The van der Waals surface area contributed by atoms with E-state index in [1.165, 1.54) is 35.8 Å². The molecule has 2 rings (SSSR count). The average molecular weight is 346 g/mol. The molecule has 0 aliphatic heterocycles. The van der Waals surface area contributed by atoms with Crippen LogP contribution < -0.4 is 10.2 Å². The third kappa shape index (κ3) is 4.37. The predicted molar refractivity (Wildman–Crippen MR) is 76.2 cm³/mol. The van der Waals surface area contributed by atoms with E-state index in [2.05, 4.69) is 0 Å². The fourth-order valence-corrected chi connectivity index (χ4v) is 1.98. The van der Waals surface area contributed by atoms with Crippen LogP contribution >= 0.6 is 11.6 Å². The molecule has 0 spiro atoms. The molecule has 2 aromatic carbocycles. The van der Waals surface area contributed by atoms with Gasteiger partial charge in [0.25, 0.3) is 5.91 Å². The zero-order valence-electron chi connectivity index (χ0n) is 11.5. The molecule has 2 aromatic rings. The lowest BCUT2D eigenvalue weighted by molar-refractivity contribution is -0.137. The largest absolute Gasteiger partial charge is 0.476 e. The van der Waals surface area contributed by atoms with Crippen LogP contribution in [0.4, 0.5) is 13.2 Å². The van der Waals surface area contributed by atoms with Gasteiger partial charge in [0.1, 0.15) is 5.75 Å². The van der Waals surface area contributed by atoms with Crippen molar-refractivity contribution in [1.82, 2.24) is 5.48 Å². The highest BCUT2D eigenvalue weighted by molar-refractivity contribution is 6.30. The van der Waals surface area contributed by atoms with Gasteiger partial charge in [0.2, 0.25) is 6.10 Å². The minimum absolute atomic E-state index is 0.164. The zero-order valence-corrected chi connectivity index (χ0v) is 12.2. The highest BCUT2D eigenvalue weighted by atomic mass is 35.5. The maximum Gasteiger partial charge on any atom is 0.416 e. The van der Waals surface area contributed by atoms with Gasteiger partial charge in [0.05, 0.1) is 5.56 Å². The van der Waals surface area contributed by atoms with Gasteiger partial charge in [0.15, 0.2) is 0 Å². The zero-order chi connectivity index (χ0) is 17.0. The van der Waals surface area contributed by atoms with Crippen LogP contribution in [0.15, 0.2) is 48.5 Å². The second-order valence-electron chi connectivity index (χ2n) is 4.55. The third-order valence-corrected chi connectivity index (χ3v) is 3.19. The quantitative estimate of drug-likeness (QED) is 0.651. The minimum Gasteiger partial charge on any atom is -0.476 e. The van der Waals surface area contributed by atoms with E-state index in [9.17, 15) is 18.0 Å². The Hall–Kier alpha value is -2.25. The summed E-state index contributed by atoms with van der Waals surface area (Å²) in [6.07, 6.45) is -5.87. The first kappa shape index (κ1) is 17.1. The molecule has 0 bridgehead atoms. The SMILES string of the molecule is O=C(NO)C(Oc1cccc(C(F)(F)F)c1)c1ccc(Cl)cc1. The smallest absolute Gasteiger partial charge is 0.416 e. The van der Waals surface area contributed by atoms with Crippen molar-refractivity contribution in [3.05, 3.63) is 64.7 Å². The Labute approximate surface area is 134 Å². The summed E-state index contributed by atoms with van der Waals surface area (Å²) in [4.78, 5) is 11.7. The van der Waals surface area contributed by atoms with Crippen molar-refractivity contribution in [1.29, 1.82) is 0 Å². The van der Waals surface area contributed by atoms with E-state index >= 15 is 0 Å². The molecule has 23 heavy (non-hydrogen) atoms. The molecule has 2 N–H and O–H groups in total. The molecule has 0 aromatic heterocycles. The Morgan fingerprint density at radius 2 is 1.83 bits per heavy atom. The minimum atomic E-state index is -4.53. The number of ether oxygens (including phenoxy) is 1. The standard InChI is InChI=1S/C15H11ClF3NO3/c16-11-6-4-9(5-7-11)13(14(21)20-22)23-12-3-1-2-10(8-12)15(17,18)19/h1-8,13,22H,(H,20,21). The number of amides is 1. The Bertz CT molecular complexity index is 689. The molecular formula is C15H11ClF3NO3. The summed E-state index contributed by atoms with van der Waals surface area (Å²) < 4.78 is 43.4.